The van der Waals surface area contributed by atoms with Crippen LogP contribution in [0.15, 0.2) is 18.5 Å². The van der Waals surface area contributed by atoms with Crippen LogP contribution in [0.3, 0.4) is 0 Å². The molecule has 0 saturated heterocycles. The molecule has 0 aliphatic rings. The summed E-state index contributed by atoms with van der Waals surface area (Å²) in [7, 11) is 0. The maximum absolute atomic E-state index is 12.5. The molecule has 0 fully saturated rings. The first kappa shape index (κ1) is 11.8. The van der Waals surface area contributed by atoms with Crippen molar-refractivity contribution in [2.45, 2.75) is 12.6 Å². The summed E-state index contributed by atoms with van der Waals surface area (Å²) in [5, 5.41) is 2.66. The van der Waals surface area contributed by atoms with Crippen LogP contribution in [-0.2, 0) is 6.18 Å². The van der Waals surface area contributed by atoms with Gasteiger partial charge >= 0.3 is 6.18 Å². The van der Waals surface area contributed by atoms with Crippen molar-refractivity contribution in [3.8, 4) is 0 Å². The number of halogens is 3. The number of anilines is 1. The molecule has 1 aromatic heterocycles. The number of pyridine rings is 1. The van der Waals surface area contributed by atoms with E-state index < -0.39 is 11.7 Å². The van der Waals surface area contributed by atoms with Crippen LogP contribution >= 0.6 is 0 Å². The van der Waals surface area contributed by atoms with Gasteiger partial charge in [0.15, 0.2) is 0 Å². The molecule has 0 aliphatic carbocycles. The van der Waals surface area contributed by atoms with Gasteiger partial charge in [0.1, 0.15) is 0 Å². The molecule has 1 aromatic rings. The van der Waals surface area contributed by atoms with Crippen LogP contribution in [0, 0.1) is 0 Å². The number of nitrogens with zero attached hydrogens (tertiary/aromatic N) is 1. The van der Waals surface area contributed by atoms with E-state index >= 15 is 0 Å². The molecule has 3 N–H and O–H groups in total. The topological polar surface area (TPSA) is 50.9 Å². The summed E-state index contributed by atoms with van der Waals surface area (Å²) in [6.45, 7) is 0.847. The van der Waals surface area contributed by atoms with Gasteiger partial charge in [-0.1, -0.05) is 0 Å². The highest BCUT2D eigenvalue weighted by atomic mass is 19.4. The lowest BCUT2D eigenvalue weighted by Crippen LogP contribution is -2.13. The molecule has 15 heavy (non-hydrogen) atoms. The van der Waals surface area contributed by atoms with Crippen molar-refractivity contribution in [3.63, 3.8) is 0 Å². The molecule has 3 nitrogen and oxygen atoms in total. The number of hydrogen-bond acceptors (Lipinski definition) is 3. The summed E-state index contributed by atoms with van der Waals surface area (Å²) in [4.78, 5) is 3.64. The summed E-state index contributed by atoms with van der Waals surface area (Å²) in [5.41, 5.74) is 4.54. The summed E-state index contributed by atoms with van der Waals surface area (Å²) < 4.78 is 37.4. The highest BCUT2D eigenvalue weighted by Crippen LogP contribution is 2.33. The minimum Gasteiger partial charge on any atom is -0.383 e. The molecular weight excluding hydrogens is 207 g/mol. The van der Waals surface area contributed by atoms with Gasteiger partial charge < -0.3 is 11.1 Å². The van der Waals surface area contributed by atoms with E-state index in [0.29, 0.717) is 19.5 Å². The number of aromatic nitrogens is 1. The van der Waals surface area contributed by atoms with E-state index in [2.05, 4.69) is 10.3 Å². The van der Waals surface area contributed by atoms with E-state index in [4.69, 9.17) is 5.73 Å². The van der Waals surface area contributed by atoms with Crippen LogP contribution in [0.4, 0.5) is 18.9 Å². The normalized spacial score (nSPS) is 11.5. The molecule has 0 aliphatic heterocycles. The Labute approximate surface area is 85.5 Å². The number of hydrogen-bond donors (Lipinski definition) is 2. The molecule has 1 rings (SSSR count). The highest BCUT2D eigenvalue weighted by molar-refractivity contribution is 5.50. The standard InChI is InChI=1S/C9H12F3N3/c10-9(11,12)7-2-5-14-6-8(7)15-4-1-3-13/h2,5-6,15H,1,3-4,13H2. The number of rotatable bonds is 4. The van der Waals surface area contributed by atoms with Crippen LogP contribution < -0.4 is 11.1 Å². The van der Waals surface area contributed by atoms with Crippen molar-refractivity contribution in [1.82, 2.24) is 4.98 Å². The van der Waals surface area contributed by atoms with Gasteiger partial charge in [-0.05, 0) is 19.0 Å². The lowest BCUT2D eigenvalue weighted by molar-refractivity contribution is -0.137. The average Bonchev–Trinajstić information content (AvgIpc) is 2.17. The Morgan fingerprint density at radius 2 is 2.13 bits per heavy atom. The van der Waals surface area contributed by atoms with E-state index in [1.807, 2.05) is 0 Å². The predicted octanol–water partition coefficient (Wildman–Crippen LogP) is 1.86. The van der Waals surface area contributed by atoms with Crippen molar-refractivity contribution < 1.29 is 13.2 Å². The molecule has 6 heteroatoms. The second kappa shape index (κ2) is 4.97. The molecule has 0 bridgehead atoms. The fourth-order valence-electron chi connectivity index (χ4n) is 1.11. The van der Waals surface area contributed by atoms with Crippen molar-refractivity contribution in [1.29, 1.82) is 0 Å². The van der Waals surface area contributed by atoms with Gasteiger partial charge in [0.2, 0.25) is 0 Å². The largest absolute Gasteiger partial charge is 0.418 e. The Hall–Kier alpha value is -1.30. The molecule has 0 aromatic carbocycles. The molecule has 0 saturated carbocycles. The zero-order valence-electron chi connectivity index (χ0n) is 8.01. The molecule has 84 valence electrons. The van der Waals surface area contributed by atoms with Crippen LogP contribution in [0.2, 0.25) is 0 Å². The Morgan fingerprint density at radius 1 is 1.40 bits per heavy atom. The van der Waals surface area contributed by atoms with Gasteiger partial charge in [-0.25, -0.2) is 0 Å². The van der Waals surface area contributed by atoms with E-state index in [-0.39, 0.29) is 5.69 Å². The third-order valence-electron chi connectivity index (χ3n) is 1.82. The SMILES string of the molecule is NCCCNc1cnccc1C(F)(F)F. The number of nitrogens with two attached hydrogens (primary N) is 1. The monoisotopic (exact) mass is 219 g/mol. The molecule has 1 heterocycles. The summed E-state index contributed by atoms with van der Waals surface area (Å²) in [6, 6.07) is 0.949. The molecule has 0 spiro atoms. The van der Waals surface area contributed by atoms with E-state index in [0.717, 1.165) is 12.3 Å². The maximum atomic E-state index is 12.5. The highest BCUT2D eigenvalue weighted by Gasteiger charge is 2.33. The first-order valence-electron chi connectivity index (χ1n) is 4.51. The van der Waals surface area contributed by atoms with Gasteiger partial charge in [-0.2, -0.15) is 13.2 Å². The summed E-state index contributed by atoms with van der Waals surface area (Å²) in [6.07, 6.45) is -1.45. The second-order valence-electron chi connectivity index (χ2n) is 2.99. The minimum absolute atomic E-state index is 0.00144. The number of alkyl halides is 3. The van der Waals surface area contributed by atoms with Crippen molar-refractivity contribution in [2.75, 3.05) is 18.4 Å². The quantitative estimate of drug-likeness (QED) is 0.760. The molecular formula is C9H12F3N3. The van der Waals surface area contributed by atoms with Gasteiger partial charge in [0.05, 0.1) is 17.4 Å². The fraction of sp³-hybridized carbons (Fsp3) is 0.444. The van der Waals surface area contributed by atoms with E-state index in [1.54, 1.807) is 0 Å². The lowest BCUT2D eigenvalue weighted by atomic mass is 10.2. The lowest BCUT2D eigenvalue weighted by Gasteiger charge is -2.13. The van der Waals surface area contributed by atoms with Crippen LogP contribution in [0.25, 0.3) is 0 Å². The Morgan fingerprint density at radius 3 is 2.73 bits per heavy atom. The molecule has 0 radical (unpaired) electrons. The smallest absolute Gasteiger partial charge is 0.383 e. The number of nitrogens with one attached hydrogen (secondary N) is 1. The molecule has 0 atom stereocenters. The summed E-state index contributed by atoms with van der Waals surface area (Å²) in [5.74, 6) is 0. The first-order valence-corrected chi connectivity index (χ1v) is 4.51. The maximum Gasteiger partial charge on any atom is 0.418 e. The van der Waals surface area contributed by atoms with Gasteiger partial charge in [0, 0.05) is 12.7 Å². The molecule has 0 amide bonds. The van der Waals surface area contributed by atoms with Crippen LogP contribution in [0.1, 0.15) is 12.0 Å². The fourth-order valence-corrected chi connectivity index (χ4v) is 1.11. The minimum atomic E-state index is -4.35. The van der Waals surface area contributed by atoms with Gasteiger partial charge in [-0.3, -0.25) is 4.98 Å². The summed E-state index contributed by atoms with van der Waals surface area (Å²) >= 11 is 0. The Balaban J connectivity index is 2.78. The van der Waals surface area contributed by atoms with E-state index in [1.165, 1.54) is 6.20 Å². The van der Waals surface area contributed by atoms with Crippen LogP contribution in [-0.4, -0.2) is 18.1 Å². The predicted molar refractivity (Wildman–Crippen MR) is 51.4 cm³/mol. The third kappa shape index (κ3) is 3.39. The third-order valence-corrected chi connectivity index (χ3v) is 1.82. The van der Waals surface area contributed by atoms with Gasteiger partial charge in [-0.15, -0.1) is 0 Å². The van der Waals surface area contributed by atoms with Gasteiger partial charge in [0.25, 0.3) is 0 Å². The van der Waals surface area contributed by atoms with Crippen molar-refractivity contribution >= 4 is 5.69 Å². The zero-order chi connectivity index (χ0) is 11.3. The second-order valence-corrected chi connectivity index (χ2v) is 2.99. The van der Waals surface area contributed by atoms with E-state index in [9.17, 15) is 13.2 Å². The molecule has 0 unspecified atom stereocenters. The van der Waals surface area contributed by atoms with Crippen LogP contribution in [0.5, 0.6) is 0 Å². The first-order chi connectivity index (χ1) is 7.05. The average molecular weight is 219 g/mol. The Kier molecular flexibility index (Phi) is 3.90. The van der Waals surface area contributed by atoms with Crippen molar-refractivity contribution in [3.05, 3.63) is 24.0 Å². The van der Waals surface area contributed by atoms with Crippen molar-refractivity contribution in [2.24, 2.45) is 5.73 Å². The zero-order valence-corrected chi connectivity index (χ0v) is 8.01. The Bertz CT molecular complexity index is 312.